The van der Waals surface area contributed by atoms with Gasteiger partial charge in [0.25, 0.3) is 0 Å². The summed E-state index contributed by atoms with van der Waals surface area (Å²) in [7, 11) is 0. The zero-order valence-corrected chi connectivity index (χ0v) is 14.2. The van der Waals surface area contributed by atoms with Gasteiger partial charge in [0.05, 0.1) is 11.3 Å². The summed E-state index contributed by atoms with van der Waals surface area (Å²) < 4.78 is 5.70. The van der Waals surface area contributed by atoms with Crippen molar-refractivity contribution in [1.82, 2.24) is 4.98 Å². The Morgan fingerprint density at radius 1 is 1.25 bits per heavy atom. The van der Waals surface area contributed by atoms with Crippen molar-refractivity contribution in [3.05, 3.63) is 76.4 Å². The number of esters is 1. The molecule has 0 N–H and O–H groups in total. The number of hydrogen-bond donors (Lipinski definition) is 0. The Bertz CT molecular complexity index is 828. The van der Waals surface area contributed by atoms with Crippen molar-refractivity contribution >= 4 is 23.3 Å². The number of hydrogen-bond acceptors (Lipinski definition) is 4. The molecule has 24 heavy (non-hydrogen) atoms. The lowest BCUT2D eigenvalue weighted by molar-refractivity contribution is 0.0598. The fourth-order valence-electron chi connectivity index (χ4n) is 2.81. The minimum Gasteiger partial charge on any atom is -0.425 e. The number of aromatic nitrogens is 1. The molecule has 0 saturated heterocycles. The third-order valence-electron chi connectivity index (χ3n) is 3.88. The van der Waals surface area contributed by atoms with Gasteiger partial charge in [0.1, 0.15) is 5.76 Å². The van der Waals surface area contributed by atoms with Crippen molar-refractivity contribution in [1.29, 1.82) is 0 Å². The number of benzene rings is 1. The molecule has 5 heteroatoms. The monoisotopic (exact) mass is 340 g/mol. The summed E-state index contributed by atoms with van der Waals surface area (Å²) >= 11 is 6.12. The maximum absolute atomic E-state index is 12.4. The SMILES string of the molecule is CC1=NC(C)=C(OC(=O)c2cccnc2)C(c2cccc(Cl)c2)C1. The third-order valence-corrected chi connectivity index (χ3v) is 4.12. The second-order valence-electron chi connectivity index (χ2n) is 5.74. The van der Waals surface area contributed by atoms with Crippen LogP contribution in [0.4, 0.5) is 0 Å². The van der Waals surface area contributed by atoms with Gasteiger partial charge in [0.15, 0.2) is 0 Å². The van der Waals surface area contributed by atoms with Crippen LogP contribution in [0.3, 0.4) is 0 Å². The normalized spacial score (nSPS) is 17.5. The molecular weight excluding hydrogens is 324 g/mol. The molecule has 1 aliphatic heterocycles. The quantitative estimate of drug-likeness (QED) is 0.756. The summed E-state index contributed by atoms with van der Waals surface area (Å²) in [6.45, 7) is 3.83. The van der Waals surface area contributed by atoms with Gasteiger partial charge in [-0.2, -0.15) is 0 Å². The van der Waals surface area contributed by atoms with E-state index >= 15 is 0 Å². The van der Waals surface area contributed by atoms with Crippen molar-refractivity contribution in [2.45, 2.75) is 26.2 Å². The van der Waals surface area contributed by atoms with Crippen molar-refractivity contribution in [3.8, 4) is 0 Å². The van der Waals surface area contributed by atoms with E-state index in [1.165, 1.54) is 6.20 Å². The number of carbonyl (C=O) groups is 1. The number of rotatable bonds is 3. The van der Waals surface area contributed by atoms with E-state index in [-0.39, 0.29) is 5.92 Å². The molecule has 1 aliphatic rings. The molecule has 1 unspecified atom stereocenters. The average Bonchev–Trinajstić information content (AvgIpc) is 2.57. The van der Waals surface area contributed by atoms with Gasteiger partial charge >= 0.3 is 5.97 Å². The van der Waals surface area contributed by atoms with Gasteiger partial charge in [-0.15, -0.1) is 0 Å². The number of carbonyl (C=O) groups excluding carboxylic acids is 1. The first-order chi connectivity index (χ1) is 11.5. The predicted octanol–water partition coefficient (Wildman–Crippen LogP) is 4.77. The van der Waals surface area contributed by atoms with E-state index in [1.54, 1.807) is 18.3 Å². The highest BCUT2D eigenvalue weighted by atomic mass is 35.5. The van der Waals surface area contributed by atoms with Gasteiger partial charge in [-0.1, -0.05) is 23.7 Å². The molecule has 3 rings (SSSR count). The first-order valence-electron chi connectivity index (χ1n) is 7.67. The minimum atomic E-state index is -0.431. The van der Waals surface area contributed by atoms with Gasteiger partial charge in [0.2, 0.25) is 0 Å². The summed E-state index contributed by atoms with van der Waals surface area (Å²) in [4.78, 5) is 20.8. The van der Waals surface area contributed by atoms with Crippen LogP contribution in [0.5, 0.6) is 0 Å². The standard InChI is InChI=1S/C19H17ClN2O2/c1-12-9-17(14-5-3-7-16(20)10-14)18(13(2)22-12)24-19(23)15-6-4-8-21-11-15/h3-8,10-11,17H,9H2,1-2H3. The lowest BCUT2D eigenvalue weighted by Crippen LogP contribution is -2.18. The molecule has 122 valence electrons. The van der Waals surface area contributed by atoms with Crippen molar-refractivity contribution in [2.75, 3.05) is 0 Å². The van der Waals surface area contributed by atoms with Crippen LogP contribution in [0, 0.1) is 0 Å². The summed E-state index contributed by atoms with van der Waals surface area (Å²) in [6, 6.07) is 11.0. The van der Waals surface area contributed by atoms with Crippen LogP contribution in [0.2, 0.25) is 5.02 Å². The van der Waals surface area contributed by atoms with Crippen LogP contribution in [-0.2, 0) is 4.74 Å². The summed E-state index contributed by atoms with van der Waals surface area (Å²) in [5, 5.41) is 0.656. The molecule has 1 atom stereocenters. The number of aliphatic imine (C=N–C) groups is 1. The molecule has 0 saturated carbocycles. The van der Waals surface area contributed by atoms with Gasteiger partial charge in [-0.05, 0) is 50.1 Å². The minimum absolute atomic E-state index is 0.0816. The smallest absolute Gasteiger partial charge is 0.344 e. The largest absolute Gasteiger partial charge is 0.425 e. The Morgan fingerprint density at radius 3 is 2.79 bits per heavy atom. The van der Waals surface area contributed by atoms with E-state index in [0.29, 0.717) is 28.5 Å². The molecule has 1 aromatic carbocycles. The zero-order valence-electron chi connectivity index (χ0n) is 13.5. The number of nitrogens with zero attached hydrogens (tertiary/aromatic N) is 2. The van der Waals surface area contributed by atoms with E-state index in [2.05, 4.69) is 9.98 Å². The molecule has 2 heterocycles. The highest BCUT2D eigenvalue weighted by molar-refractivity contribution is 6.30. The van der Waals surface area contributed by atoms with E-state index < -0.39 is 5.97 Å². The van der Waals surface area contributed by atoms with Crippen molar-refractivity contribution < 1.29 is 9.53 Å². The number of pyridine rings is 1. The number of ether oxygens (including phenoxy) is 1. The molecule has 0 aliphatic carbocycles. The van der Waals surface area contributed by atoms with Gasteiger partial charge in [-0.3, -0.25) is 9.98 Å². The third kappa shape index (κ3) is 3.54. The van der Waals surface area contributed by atoms with Crippen molar-refractivity contribution in [3.63, 3.8) is 0 Å². The maximum atomic E-state index is 12.4. The van der Waals surface area contributed by atoms with Crippen LogP contribution in [0.15, 0.2) is 65.2 Å². The Labute approximate surface area is 145 Å². The molecule has 4 nitrogen and oxygen atoms in total. The topological polar surface area (TPSA) is 51.5 Å². The fourth-order valence-corrected chi connectivity index (χ4v) is 3.01. The van der Waals surface area contributed by atoms with Crippen LogP contribution in [0.1, 0.15) is 42.1 Å². The zero-order chi connectivity index (χ0) is 17.1. The molecule has 2 aromatic rings. The van der Waals surface area contributed by atoms with Crippen LogP contribution in [0.25, 0.3) is 0 Å². The fraction of sp³-hybridized carbons (Fsp3) is 0.211. The Kier molecular flexibility index (Phi) is 4.76. The highest BCUT2D eigenvalue weighted by Crippen LogP contribution is 2.36. The Morgan fingerprint density at radius 2 is 2.08 bits per heavy atom. The maximum Gasteiger partial charge on any atom is 0.344 e. The van der Waals surface area contributed by atoms with Crippen LogP contribution < -0.4 is 0 Å². The van der Waals surface area contributed by atoms with E-state index in [4.69, 9.17) is 16.3 Å². The van der Waals surface area contributed by atoms with Crippen LogP contribution in [-0.4, -0.2) is 16.7 Å². The molecule has 0 spiro atoms. The predicted molar refractivity (Wildman–Crippen MR) is 94.3 cm³/mol. The van der Waals surface area contributed by atoms with Crippen LogP contribution >= 0.6 is 11.6 Å². The Balaban J connectivity index is 1.95. The second-order valence-corrected chi connectivity index (χ2v) is 6.18. The molecule has 0 amide bonds. The molecule has 0 bridgehead atoms. The lowest BCUT2D eigenvalue weighted by Gasteiger charge is -2.25. The first kappa shape index (κ1) is 16.4. The number of allylic oxidation sites excluding steroid dienone is 2. The van der Waals surface area contributed by atoms with Gasteiger partial charge < -0.3 is 4.74 Å². The molecule has 0 fully saturated rings. The summed E-state index contributed by atoms with van der Waals surface area (Å²) in [5.74, 6) is 0.0535. The van der Waals surface area contributed by atoms with E-state index in [0.717, 1.165) is 11.3 Å². The highest BCUT2D eigenvalue weighted by Gasteiger charge is 2.28. The number of halogens is 1. The van der Waals surface area contributed by atoms with Gasteiger partial charge in [-0.25, -0.2) is 4.79 Å². The van der Waals surface area contributed by atoms with Crippen molar-refractivity contribution in [2.24, 2.45) is 4.99 Å². The molecule has 1 aromatic heterocycles. The lowest BCUT2D eigenvalue weighted by atomic mass is 9.89. The van der Waals surface area contributed by atoms with Gasteiger partial charge in [0, 0.05) is 29.0 Å². The Hall–Kier alpha value is -2.46. The average molecular weight is 341 g/mol. The molecule has 0 radical (unpaired) electrons. The van der Waals surface area contributed by atoms with E-state index in [1.807, 2.05) is 38.1 Å². The molecular formula is C19H17ClN2O2. The van der Waals surface area contributed by atoms with E-state index in [9.17, 15) is 4.79 Å². The summed E-state index contributed by atoms with van der Waals surface area (Å²) in [6.07, 6.45) is 3.79. The first-order valence-corrected chi connectivity index (χ1v) is 8.05. The summed E-state index contributed by atoms with van der Waals surface area (Å²) in [5.41, 5.74) is 3.12. The second kappa shape index (κ2) is 6.97.